The summed E-state index contributed by atoms with van der Waals surface area (Å²) in [5, 5.41) is 2.06. The van der Waals surface area contributed by atoms with Gasteiger partial charge in [0.1, 0.15) is 0 Å². The van der Waals surface area contributed by atoms with Crippen molar-refractivity contribution in [2.45, 2.75) is 6.42 Å². The van der Waals surface area contributed by atoms with Crippen LogP contribution in [-0.2, 0) is 6.42 Å². The van der Waals surface area contributed by atoms with Gasteiger partial charge in [-0.25, -0.2) is 0 Å². The van der Waals surface area contributed by atoms with E-state index in [9.17, 15) is 0 Å². The van der Waals surface area contributed by atoms with Gasteiger partial charge in [-0.05, 0) is 28.6 Å². The Morgan fingerprint density at radius 1 is 1.29 bits per heavy atom. The number of anilines is 1. The van der Waals surface area contributed by atoms with Crippen LogP contribution in [0.1, 0.15) is 11.1 Å². The molecular formula is C11H10ClNS. The number of nitrogen functional groups attached to an aromatic ring is 1. The van der Waals surface area contributed by atoms with Gasteiger partial charge < -0.3 is 5.73 Å². The average molecular weight is 224 g/mol. The summed E-state index contributed by atoms with van der Waals surface area (Å²) in [6.07, 6.45) is 0.857. The fourth-order valence-corrected chi connectivity index (χ4v) is 2.26. The predicted molar refractivity (Wildman–Crippen MR) is 63.0 cm³/mol. The molecule has 0 radical (unpaired) electrons. The van der Waals surface area contributed by atoms with Crippen molar-refractivity contribution in [3.8, 4) is 0 Å². The second kappa shape index (κ2) is 4.03. The Kier molecular flexibility index (Phi) is 2.75. The molecule has 0 aliphatic carbocycles. The number of benzene rings is 1. The van der Waals surface area contributed by atoms with Crippen molar-refractivity contribution in [3.05, 3.63) is 51.2 Å². The van der Waals surface area contributed by atoms with Gasteiger partial charge in [-0.1, -0.05) is 29.8 Å². The molecule has 0 amide bonds. The molecule has 0 fully saturated rings. The minimum Gasteiger partial charge on any atom is -0.398 e. The summed E-state index contributed by atoms with van der Waals surface area (Å²) in [4.78, 5) is 0. The zero-order chi connectivity index (χ0) is 9.97. The van der Waals surface area contributed by atoms with Crippen molar-refractivity contribution in [1.29, 1.82) is 0 Å². The first-order valence-corrected chi connectivity index (χ1v) is 5.58. The van der Waals surface area contributed by atoms with Crippen LogP contribution in [0, 0.1) is 0 Å². The standard InChI is InChI=1S/C11H10ClNS/c12-11-6-8(7-14-11)5-9-3-1-2-4-10(9)13/h1-4,6-7H,5,13H2. The summed E-state index contributed by atoms with van der Waals surface area (Å²) < 4.78 is 0.828. The lowest BCUT2D eigenvalue weighted by atomic mass is 10.1. The number of nitrogens with two attached hydrogens (primary N) is 1. The van der Waals surface area contributed by atoms with Gasteiger partial charge in [0.25, 0.3) is 0 Å². The fourth-order valence-electron chi connectivity index (χ4n) is 1.35. The quantitative estimate of drug-likeness (QED) is 0.774. The van der Waals surface area contributed by atoms with Crippen molar-refractivity contribution in [3.63, 3.8) is 0 Å². The normalized spacial score (nSPS) is 10.4. The fraction of sp³-hybridized carbons (Fsp3) is 0.0909. The Labute approximate surface area is 92.1 Å². The monoisotopic (exact) mass is 223 g/mol. The first-order valence-electron chi connectivity index (χ1n) is 4.32. The number of hydrogen-bond donors (Lipinski definition) is 1. The van der Waals surface area contributed by atoms with E-state index in [0.29, 0.717) is 0 Å². The first-order chi connectivity index (χ1) is 6.75. The SMILES string of the molecule is Nc1ccccc1Cc1csc(Cl)c1. The summed E-state index contributed by atoms with van der Waals surface area (Å²) in [5.41, 5.74) is 9.06. The van der Waals surface area contributed by atoms with E-state index in [4.69, 9.17) is 17.3 Å². The van der Waals surface area contributed by atoms with Crippen molar-refractivity contribution >= 4 is 28.6 Å². The van der Waals surface area contributed by atoms with E-state index < -0.39 is 0 Å². The highest BCUT2D eigenvalue weighted by Crippen LogP contribution is 2.23. The third-order valence-corrected chi connectivity index (χ3v) is 3.21. The van der Waals surface area contributed by atoms with E-state index in [0.717, 1.165) is 22.0 Å². The molecule has 0 saturated carbocycles. The molecule has 0 aliphatic heterocycles. The van der Waals surface area contributed by atoms with Gasteiger partial charge in [0.05, 0.1) is 4.34 Å². The summed E-state index contributed by atoms with van der Waals surface area (Å²) in [5.74, 6) is 0. The molecule has 1 nitrogen and oxygen atoms in total. The number of para-hydroxylation sites is 1. The second-order valence-corrected chi connectivity index (χ2v) is 4.68. The van der Waals surface area contributed by atoms with Crippen LogP contribution in [0.4, 0.5) is 5.69 Å². The van der Waals surface area contributed by atoms with Crippen molar-refractivity contribution in [2.75, 3.05) is 5.73 Å². The minimum atomic E-state index is 0.828. The van der Waals surface area contributed by atoms with E-state index in [2.05, 4.69) is 5.38 Å². The van der Waals surface area contributed by atoms with Crippen molar-refractivity contribution < 1.29 is 0 Å². The van der Waals surface area contributed by atoms with Crippen molar-refractivity contribution in [2.24, 2.45) is 0 Å². The molecule has 1 aromatic heterocycles. The maximum absolute atomic E-state index is 5.85. The van der Waals surface area contributed by atoms with E-state index >= 15 is 0 Å². The second-order valence-electron chi connectivity index (χ2n) is 3.13. The zero-order valence-corrected chi connectivity index (χ0v) is 9.11. The molecule has 14 heavy (non-hydrogen) atoms. The number of rotatable bonds is 2. The molecule has 0 unspecified atom stereocenters. The molecule has 2 N–H and O–H groups in total. The van der Waals surface area contributed by atoms with E-state index in [1.165, 1.54) is 5.56 Å². The van der Waals surface area contributed by atoms with Crippen LogP contribution in [0.3, 0.4) is 0 Å². The molecule has 3 heteroatoms. The van der Waals surface area contributed by atoms with E-state index in [1.807, 2.05) is 30.3 Å². The molecule has 2 rings (SSSR count). The van der Waals surface area contributed by atoms with Crippen LogP contribution < -0.4 is 5.73 Å². The van der Waals surface area contributed by atoms with Crippen LogP contribution in [0.15, 0.2) is 35.7 Å². The molecular weight excluding hydrogens is 214 g/mol. The lowest BCUT2D eigenvalue weighted by molar-refractivity contribution is 1.21. The van der Waals surface area contributed by atoms with Gasteiger partial charge >= 0.3 is 0 Å². The molecule has 2 aromatic rings. The summed E-state index contributed by atoms with van der Waals surface area (Å²) >= 11 is 7.41. The molecule has 72 valence electrons. The Hall–Kier alpha value is -0.990. The van der Waals surface area contributed by atoms with Gasteiger partial charge in [-0.15, -0.1) is 11.3 Å². The number of halogens is 1. The molecule has 0 aliphatic rings. The highest BCUT2D eigenvalue weighted by atomic mass is 35.5. The van der Waals surface area contributed by atoms with Crippen LogP contribution in [-0.4, -0.2) is 0 Å². The smallest absolute Gasteiger partial charge is 0.0931 e. The van der Waals surface area contributed by atoms with Crippen LogP contribution in [0.5, 0.6) is 0 Å². The third-order valence-electron chi connectivity index (χ3n) is 2.07. The van der Waals surface area contributed by atoms with Gasteiger partial charge in [-0.3, -0.25) is 0 Å². The molecule has 0 atom stereocenters. The molecule has 0 saturated heterocycles. The van der Waals surface area contributed by atoms with Gasteiger partial charge in [-0.2, -0.15) is 0 Å². The van der Waals surface area contributed by atoms with Gasteiger partial charge in [0.15, 0.2) is 0 Å². The van der Waals surface area contributed by atoms with Gasteiger partial charge in [0, 0.05) is 12.1 Å². The van der Waals surface area contributed by atoms with E-state index in [-0.39, 0.29) is 0 Å². The van der Waals surface area contributed by atoms with Crippen molar-refractivity contribution in [1.82, 2.24) is 0 Å². The molecule has 1 aromatic carbocycles. The first kappa shape index (κ1) is 9.56. The number of thiophene rings is 1. The Morgan fingerprint density at radius 2 is 2.07 bits per heavy atom. The molecule has 0 bridgehead atoms. The third kappa shape index (κ3) is 2.08. The summed E-state index contributed by atoms with van der Waals surface area (Å²) in [6, 6.07) is 9.89. The van der Waals surface area contributed by atoms with Gasteiger partial charge in [0.2, 0.25) is 0 Å². The van der Waals surface area contributed by atoms with Crippen LogP contribution >= 0.6 is 22.9 Å². The Bertz CT molecular complexity index is 436. The summed E-state index contributed by atoms with van der Waals surface area (Å²) in [6.45, 7) is 0. The van der Waals surface area contributed by atoms with E-state index in [1.54, 1.807) is 11.3 Å². The lowest BCUT2D eigenvalue weighted by Crippen LogP contribution is -1.93. The number of hydrogen-bond acceptors (Lipinski definition) is 2. The molecule has 1 heterocycles. The Morgan fingerprint density at radius 3 is 2.71 bits per heavy atom. The highest BCUT2D eigenvalue weighted by molar-refractivity contribution is 7.14. The van der Waals surface area contributed by atoms with Crippen LogP contribution in [0.2, 0.25) is 4.34 Å². The predicted octanol–water partition coefficient (Wildman–Crippen LogP) is 3.57. The topological polar surface area (TPSA) is 26.0 Å². The highest BCUT2D eigenvalue weighted by Gasteiger charge is 2.01. The minimum absolute atomic E-state index is 0.828. The summed E-state index contributed by atoms with van der Waals surface area (Å²) in [7, 11) is 0. The maximum atomic E-state index is 5.85. The molecule has 0 spiro atoms. The lowest BCUT2D eigenvalue weighted by Gasteiger charge is -2.02. The zero-order valence-electron chi connectivity index (χ0n) is 7.53. The average Bonchev–Trinajstić information content (AvgIpc) is 2.56. The van der Waals surface area contributed by atoms with Crippen LogP contribution in [0.25, 0.3) is 0 Å². The Balaban J connectivity index is 2.23. The largest absolute Gasteiger partial charge is 0.398 e. The maximum Gasteiger partial charge on any atom is 0.0931 e.